The molecule has 40 heteroatoms. The van der Waals surface area contributed by atoms with E-state index >= 15 is 0 Å². The van der Waals surface area contributed by atoms with Gasteiger partial charge in [0.05, 0.1) is 17.4 Å². The predicted molar refractivity (Wildman–Crippen MR) is 481 cm³/mol. The highest BCUT2D eigenvalue weighted by atomic mass is 32.2. The maximum atomic E-state index is 12.0. The molecular formula is C72H161N3O25S6Si6. The number of thioether (sulfide) groups is 6. The Bertz CT molecular complexity index is 2180. The number of Topliss-reactive ketones (excluding diaryl/α,β-unsaturated/α-hetero) is 1. The zero-order chi connectivity index (χ0) is 87.3. The van der Waals surface area contributed by atoms with Crippen molar-refractivity contribution in [2.75, 3.05) is 222 Å². The van der Waals surface area contributed by atoms with E-state index in [0.717, 1.165) is 138 Å². The van der Waals surface area contributed by atoms with E-state index in [1.165, 1.54) is 6.92 Å². The summed E-state index contributed by atoms with van der Waals surface area (Å²) in [7, 11) is 12.0. The molecule has 0 saturated carbocycles. The molecule has 0 rings (SSSR count). The SMILES string of the molecule is CCO[Si](CCCSCC(C)C(=O)N(C)C)(OCC)OCC.CCO[Si](CCCSCC(C)C(C)=O)(OCC)OCC.CO[Si](CCCSCC(C)(C)C(=O)N(C)C)(OC)OC.CO[Si](CCCSCC(C)C(=O)O)(OC)OC.CO[Si](CCCSCC(C)NC(C)=O)(OC)OC.CO[Si](CCCSCC(C)O)(OC)OC. The second-order valence-electron chi connectivity index (χ2n) is 26.6. The smallest absolute Gasteiger partial charge is 0.481 e. The van der Waals surface area contributed by atoms with E-state index in [1.54, 1.807) is 179 Å². The van der Waals surface area contributed by atoms with Gasteiger partial charge in [-0.05, 0) is 135 Å². The van der Waals surface area contributed by atoms with Crippen LogP contribution in [0.2, 0.25) is 36.3 Å². The van der Waals surface area contributed by atoms with Crippen molar-refractivity contribution in [3.05, 3.63) is 0 Å². The molecule has 5 unspecified atom stereocenters. The third kappa shape index (κ3) is 62.3. The number of aliphatic hydroxyl groups excluding tert-OH is 1. The van der Waals surface area contributed by atoms with E-state index in [1.807, 2.05) is 111 Å². The molecule has 0 aliphatic heterocycles. The van der Waals surface area contributed by atoms with Crippen molar-refractivity contribution in [3.8, 4) is 0 Å². The van der Waals surface area contributed by atoms with Gasteiger partial charge >= 0.3 is 58.8 Å². The van der Waals surface area contributed by atoms with E-state index in [4.69, 9.17) is 89.9 Å². The highest BCUT2D eigenvalue weighted by molar-refractivity contribution is 8.00. The number of carboxylic acid groups (broad SMARTS) is 1. The Labute approximate surface area is 712 Å². The zero-order valence-electron chi connectivity index (χ0n) is 75.2. The number of hydrogen-bond acceptors (Lipinski definition) is 30. The highest BCUT2D eigenvalue weighted by Crippen LogP contribution is 2.28. The van der Waals surface area contributed by atoms with Crippen molar-refractivity contribution in [1.29, 1.82) is 0 Å². The third-order valence-electron chi connectivity index (χ3n) is 16.3. The number of hydrogen-bond donors (Lipinski definition) is 3. The molecule has 0 fully saturated rings. The minimum atomic E-state index is -2.50. The molecule has 0 spiro atoms. The van der Waals surface area contributed by atoms with Crippen molar-refractivity contribution < 1.29 is 114 Å². The monoisotopic (exact) mass is 1830 g/mol. The molecule has 674 valence electrons. The topological polar surface area (TPSA) is 310 Å². The van der Waals surface area contributed by atoms with Gasteiger partial charge in [0.25, 0.3) is 0 Å². The van der Waals surface area contributed by atoms with Crippen molar-refractivity contribution in [2.45, 2.75) is 191 Å². The van der Waals surface area contributed by atoms with Crippen molar-refractivity contribution >= 4 is 153 Å². The lowest BCUT2D eigenvalue weighted by Crippen LogP contribution is -2.46. The summed E-state index contributed by atoms with van der Waals surface area (Å²) >= 11 is 10.6. The Hall–Kier alpha value is 0.191. The summed E-state index contributed by atoms with van der Waals surface area (Å²) in [4.78, 5) is 59.7. The van der Waals surface area contributed by atoms with Gasteiger partial charge in [-0.15, -0.1) is 0 Å². The molecule has 0 aromatic rings. The van der Waals surface area contributed by atoms with Crippen LogP contribution in [0.1, 0.15) is 142 Å². The number of nitrogens with zero attached hydrogens (tertiary/aromatic N) is 2. The fourth-order valence-electron chi connectivity index (χ4n) is 9.95. The molecule has 3 N–H and O–H groups in total. The quantitative estimate of drug-likeness (QED) is 0.0376. The Morgan fingerprint density at radius 2 is 0.625 bits per heavy atom. The van der Waals surface area contributed by atoms with Crippen molar-refractivity contribution in [2.24, 2.45) is 23.2 Å². The van der Waals surface area contributed by atoms with Crippen LogP contribution in [0.5, 0.6) is 0 Å². The molecule has 0 heterocycles. The van der Waals surface area contributed by atoms with Gasteiger partial charge in [0, 0.05) is 249 Å². The fraction of sp³-hybridized carbons (Fsp3) is 0.931. The zero-order valence-corrected chi connectivity index (χ0v) is 86.1. The lowest BCUT2D eigenvalue weighted by Gasteiger charge is -2.28. The van der Waals surface area contributed by atoms with Gasteiger partial charge in [-0.1, -0.05) is 34.6 Å². The van der Waals surface area contributed by atoms with Crippen LogP contribution in [-0.4, -0.2) is 337 Å². The molecule has 0 aliphatic carbocycles. The van der Waals surface area contributed by atoms with E-state index in [-0.39, 0.29) is 58.8 Å². The second kappa shape index (κ2) is 76.1. The van der Waals surface area contributed by atoms with Crippen LogP contribution in [0.3, 0.4) is 0 Å². The normalized spacial score (nSPS) is 13.4. The molecule has 112 heavy (non-hydrogen) atoms. The van der Waals surface area contributed by atoms with Crippen LogP contribution >= 0.6 is 70.6 Å². The van der Waals surface area contributed by atoms with Crippen LogP contribution in [0.15, 0.2) is 0 Å². The number of amides is 3. The van der Waals surface area contributed by atoms with Gasteiger partial charge in [0.15, 0.2) is 0 Å². The number of ketones is 1. The average Bonchev–Trinajstić information content (AvgIpc) is 0.880. The molecule has 3 amide bonds. The van der Waals surface area contributed by atoms with Crippen LogP contribution < -0.4 is 5.32 Å². The Balaban J connectivity index is -0.000000302. The van der Waals surface area contributed by atoms with Crippen molar-refractivity contribution in [3.63, 3.8) is 0 Å². The van der Waals surface area contributed by atoms with Gasteiger partial charge in [0.2, 0.25) is 17.7 Å². The largest absolute Gasteiger partial charge is 0.500 e. The molecule has 0 aliphatic rings. The van der Waals surface area contributed by atoms with Crippen LogP contribution in [0, 0.1) is 23.2 Å². The third-order valence-corrected chi connectivity index (χ3v) is 41.9. The summed E-state index contributed by atoms with van der Waals surface area (Å²) in [6, 6.07) is 5.09. The van der Waals surface area contributed by atoms with Crippen LogP contribution in [-0.2, 0) is 104 Å². The molecule has 28 nitrogen and oxygen atoms in total. The second-order valence-corrected chi connectivity index (χ2v) is 51.3. The first-order chi connectivity index (χ1) is 52.8. The van der Waals surface area contributed by atoms with Crippen LogP contribution in [0.4, 0.5) is 0 Å². The number of nitrogens with one attached hydrogen (secondary N) is 1. The molecule has 0 aromatic carbocycles. The standard InChI is InChI=1S/C15H33NO4SSi.C14H30O4SSi.C13H29NO4SSi.C11H25NO4SSi.C10H22O5SSi.C9H22O4SSi/c1-7-18-22(19-8-2,20-9-3)12-10-11-21-13-14(4)15(17)16(5)6;1-6-16-20(17-7-2,18-8-3)11-9-10-19-12-13(4)14(5)15;1-13(2,12(15)14(3)4)11-19-9-8-10-20(16-5,17-6)18-7;1-10(12-11(2)13)9-17-7-6-8-18(14-3,15-4)16-5;1-9(10(11)12)8-16-6-5-7-17(13-2,14-3)15-4;1-9(10)8-14-6-5-7-15(11-2,12-3)13-4/h14H,7-13H2,1-6H3;13H,6-12H2,1-5H3;8-11H2,1-7H3;10H,6-9H2,1-5H3,(H,12,13);9H,5-8H2,1-4H3,(H,11,12);9-10H,5-8H2,1-4H3. The van der Waals surface area contributed by atoms with E-state index in [2.05, 4.69) is 5.32 Å². The van der Waals surface area contributed by atoms with E-state index in [9.17, 15) is 24.0 Å². The minimum Gasteiger partial charge on any atom is -0.481 e. The Morgan fingerprint density at radius 1 is 0.375 bits per heavy atom. The summed E-state index contributed by atoms with van der Waals surface area (Å²) in [5, 5.41) is 20.6. The summed E-state index contributed by atoms with van der Waals surface area (Å²) < 4.78 is 98.9. The van der Waals surface area contributed by atoms with Crippen molar-refractivity contribution in [1.82, 2.24) is 15.1 Å². The summed E-state index contributed by atoms with van der Waals surface area (Å²) in [5.41, 5.74) is -0.327. The Kier molecular flexibility index (Phi) is 83.6. The number of aliphatic carboxylic acids is 1. The van der Waals surface area contributed by atoms with Gasteiger partial charge in [0.1, 0.15) is 5.78 Å². The van der Waals surface area contributed by atoms with Crippen LogP contribution in [0.25, 0.3) is 0 Å². The fourth-order valence-corrected chi connectivity index (χ4v) is 29.7. The first-order valence-electron chi connectivity index (χ1n) is 38.8. The molecule has 0 bridgehead atoms. The molecule has 0 radical (unpaired) electrons. The summed E-state index contributed by atoms with van der Waals surface area (Å²) in [6.45, 7) is 32.2. The summed E-state index contributed by atoms with van der Waals surface area (Å²) in [6.07, 6.45) is 5.58. The number of carboxylic acids is 1. The number of aliphatic hydroxyl groups is 1. The number of carbonyl (C=O) groups is 5. The minimum absolute atomic E-state index is 0.0210. The molecule has 0 saturated heterocycles. The predicted octanol–water partition coefficient (Wildman–Crippen LogP) is 13.0. The van der Waals surface area contributed by atoms with Gasteiger partial charge in [-0.25, -0.2) is 0 Å². The number of carbonyl (C=O) groups excluding carboxylic acids is 4. The lowest BCUT2D eigenvalue weighted by molar-refractivity contribution is -0.140. The maximum absolute atomic E-state index is 12.0. The average molecular weight is 1830 g/mol. The van der Waals surface area contributed by atoms with E-state index in [0.29, 0.717) is 45.4 Å². The van der Waals surface area contributed by atoms with Gasteiger partial charge in [-0.3, -0.25) is 24.0 Å². The number of rotatable bonds is 65. The van der Waals surface area contributed by atoms with Gasteiger partial charge < -0.3 is 105 Å². The lowest BCUT2D eigenvalue weighted by atomic mass is 9.95. The molecule has 0 aromatic heterocycles. The first-order valence-corrected chi connectivity index (χ1v) is 57.3. The Morgan fingerprint density at radius 3 is 0.857 bits per heavy atom. The molecule has 5 atom stereocenters. The van der Waals surface area contributed by atoms with Gasteiger partial charge in [-0.2, -0.15) is 70.6 Å². The summed E-state index contributed by atoms with van der Waals surface area (Å²) in [5.74, 6) is 10.6. The first kappa shape index (κ1) is 123. The maximum Gasteiger partial charge on any atom is 0.500 e. The molecular weight excluding hydrogens is 1670 g/mol. The van der Waals surface area contributed by atoms with E-state index < -0.39 is 58.8 Å². The highest BCUT2D eigenvalue weighted by Gasteiger charge is 2.43.